The molecular formula is C19H21FN4O4. The van der Waals surface area contributed by atoms with Crippen LogP contribution in [-0.2, 0) is 4.79 Å². The zero-order valence-electron chi connectivity index (χ0n) is 15.4. The first-order chi connectivity index (χ1) is 13.5. The Hall–Kier alpha value is -3.20. The normalized spacial score (nSPS) is 14.6. The lowest BCUT2D eigenvalue weighted by atomic mass is 10.2. The number of halogens is 1. The van der Waals surface area contributed by atoms with Crippen molar-refractivity contribution in [2.75, 3.05) is 50.1 Å². The average molecular weight is 388 g/mol. The van der Waals surface area contributed by atoms with Crippen molar-refractivity contribution < 1.29 is 18.8 Å². The van der Waals surface area contributed by atoms with Crippen molar-refractivity contribution in [3.8, 4) is 5.75 Å². The van der Waals surface area contributed by atoms with Gasteiger partial charge in [-0.05, 0) is 18.2 Å². The lowest BCUT2D eigenvalue weighted by Crippen LogP contribution is -2.48. The molecule has 3 rings (SSSR count). The van der Waals surface area contributed by atoms with Gasteiger partial charge in [0.1, 0.15) is 5.82 Å². The monoisotopic (exact) mass is 388 g/mol. The van der Waals surface area contributed by atoms with Crippen molar-refractivity contribution in [2.45, 2.75) is 0 Å². The molecule has 0 saturated carbocycles. The van der Waals surface area contributed by atoms with Gasteiger partial charge in [0, 0.05) is 44.0 Å². The highest BCUT2D eigenvalue weighted by atomic mass is 19.1. The molecule has 2 aromatic carbocycles. The summed E-state index contributed by atoms with van der Waals surface area (Å²) in [6.07, 6.45) is 0. The first kappa shape index (κ1) is 19.6. The topological polar surface area (TPSA) is 88.0 Å². The van der Waals surface area contributed by atoms with Gasteiger partial charge in [0.05, 0.1) is 24.3 Å². The van der Waals surface area contributed by atoms with Crippen LogP contribution < -0.4 is 15.0 Å². The fraction of sp³-hybridized carbons (Fsp3) is 0.316. The quantitative estimate of drug-likeness (QED) is 0.604. The van der Waals surface area contributed by atoms with E-state index in [0.29, 0.717) is 26.2 Å². The van der Waals surface area contributed by atoms with Gasteiger partial charge in [-0.1, -0.05) is 12.1 Å². The van der Waals surface area contributed by atoms with Gasteiger partial charge in [-0.3, -0.25) is 19.8 Å². The van der Waals surface area contributed by atoms with Crippen molar-refractivity contribution in [1.29, 1.82) is 0 Å². The SMILES string of the molecule is COc1cc(N2CCN(CC(=O)Nc3ccccc3F)CC2)ccc1[N+](=O)[O-]. The van der Waals surface area contributed by atoms with Crippen LogP contribution in [0.25, 0.3) is 0 Å². The van der Waals surface area contributed by atoms with E-state index in [4.69, 9.17) is 4.74 Å². The van der Waals surface area contributed by atoms with Crippen LogP contribution in [0.1, 0.15) is 0 Å². The Balaban J connectivity index is 1.55. The minimum Gasteiger partial charge on any atom is -0.490 e. The van der Waals surface area contributed by atoms with Gasteiger partial charge >= 0.3 is 5.69 Å². The molecule has 1 aliphatic rings. The van der Waals surface area contributed by atoms with Gasteiger partial charge in [-0.2, -0.15) is 0 Å². The molecular weight excluding hydrogens is 367 g/mol. The summed E-state index contributed by atoms with van der Waals surface area (Å²) in [4.78, 5) is 26.8. The van der Waals surface area contributed by atoms with E-state index in [1.807, 2.05) is 4.90 Å². The van der Waals surface area contributed by atoms with Crippen molar-refractivity contribution in [3.63, 3.8) is 0 Å². The number of benzene rings is 2. The molecule has 1 N–H and O–H groups in total. The van der Waals surface area contributed by atoms with E-state index in [0.717, 1.165) is 5.69 Å². The molecule has 0 radical (unpaired) electrons. The number of nitrogens with zero attached hydrogens (tertiary/aromatic N) is 3. The fourth-order valence-electron chi connectivity index (χ4n) is 3.13. The van der Waals surface area contributed by atoms with E-state index >= 15 is 0 Å². The van der Waals surface area contributed by atoms with E-state index in [2.05, 4.69) is 10.2 Å². The van der Waals surface area contributed by atoms with Crippen LogP contribution in [0, 0.1) is 15.9 Å². The van der Waals surface area contributed by atoms with Gasteiger partial charge in [0.2, 0.25) is 5.91 Å². The van der Waals surface area contributed by atoms with E-state index < -0.39 is 10.7 Å². The van der Waals surface area contributed by atoms with Crippen LogP contribution >= 0.6 is 0 Å². The van der Waals surface area contributed by atoms with Gasteiger partial charge in [0.25, 0.3) is 0 Å². The van der Waals surface area contributed by atoms with Gasteiger partial charge in [-0.15, -0.1) is 0 Å². The number of nitrogens with one attached hydrogen (secondary N) is 1. The summed E-state index contributed by atoms with van der Waals surface area (Å²) in [6, 6.07) is 10.8. The smallest absolute Gasteiger partial charge is 0.311 e. The highest BCUT2D eigenvalue weighted by molar-refractivity contribution is 5.92. The molecule has 0 aromatic heterocycles. The fourth-order valence-corrected chi connectivity index (χ4v) is 3.13. The number of ether oxygens (including phenoxy) is 1. The number of hydrogen-bond acceptors (Lipinski definition) is 6. The molecule has 1 heterocycles. The van der Waals surface area contributed by atoms with Crippen molar-refractivity contribution in [3.05, 3.63) is 58.4 Å². The van der Waals surface area contributed by atoms with Gasteiger partial charge in [-0.25, -0.2) is 4.39 Å². The number of anilines is 2. The maximum atomic E-state index is 13.6. The molecule has 0 bridgehead atoms. The van der Waals surface area contributed by atoms with E-state index in [1.54, 1.807) is 24.3 Å². The summed E-state index contributed by atoms with van der Waals surface area (Å²) in [5.74, 6) is -0.516. The van der Waals surface area contributed by atoms with E-state index in [-0.39, 0.29) is 29.6 Å². The Morgan fingerprint density at radius 1 is 1.21 bits per heavy atom. The zero-order chi connectivity index (χ0) is 20.1. The Morgan fingerprint density at radius 2 is 1.93 bits per heavy atom. The molecule has 0 atom stereocenters. The molecule has 148 valence electrons. The summed E-state index contributed by atoms with van der Waals surface area (Å²) in [5, 5.41) is 13.6. The Bertz CT molecular complexity index is 869. The second-order valence-electron chi connectivity index (χ2n) is 6.40. The Labute approximate surface area is 161 Å². The lowest BCUT2D eigenvalue weighted by Gasteiger charge is -2.35. The highest BCUT2D eigenvalue weighted by Gasteiger charge is 2.22. The molecule has 1 amide bonds. The zero-order valence-corrected chi connectivity index (χ0v) is 15.4. The molecule has 2 aromatic rings. The van der Waals surface area contributed by atoms with Crippen LogP contribution in [0.2, 0.25) is 0 Å². The number of piperazine rings is 1. The average Bonchev–Trinajstić information content (AvgIpc) is 2.69. The number of para-hydroxylation sites is 1. The summed E-state index contributed by atoms with van der Waals surface area (Å²) >= 11 is 0. The maximum Gasteiger partial charge on any atom is 0.311 e. The number of carbonyl (C=O) groups is 1. The standard InChI is InChI=1S/C19H21FN4O4/c1-28-18-12-14(6-7-17(18)24(26)27)23-10-8-22(9-11-23)13-19(25)21-16-5-3-2-4-15(16)20/h2-7,12H,8-11,13H2,1H3,(H,21,25). The van der Waals surface area contributed by atoms with Crippen molar-refractivity contribution in [2.24, 2.45) is 0 Å². The van der Waals surface area contributed by atoms with Crippen LogP contribution in [0.15, 0.2) is 42.5 Å². The maximum absolute atomic E-state index is 13.6. The first-order valence-electron chi connectivity index (χ1n) is 8.82. The summed E-state index contributed by atoms with van der Waals surface area (Å²) < 4.78 is 18.7. The number of nitro benzene ring substituents is 1. The highest BCUT2D eigenvalue weighted by Crippen LogP contribution is 2.31. The van der Waals surface area contributed by atoms with Gasteiger partial charge in [0.15, 0.2) is 5.75 Å². The molecule has 0 spiro atoms. The molecule has 9 heteroatoms. The minimum absolute atomic E-state index is 0.0744. The Kier molecular flexibility index (Phi) is 6.05. The Morgan fingerprint density at radius 3 is 2.57 bits per heavy atom. The van der Waals surface area contributed by atoms with Crippen LogP contribution in [0.4, 0.5) is 21.5 Å². The number of amides is 1. The largest absolute Gasteiger partial charge is 0.490 e. The predicted molar refractivity (Wildman–Crippen MR) is 103 cm³/mol. The number of hydrogen-bond donors (Lipinski definition) is 1. The number of nitro groups is 1. The summed E-state index contributed by atoms with van der Waals surface area (Å²) in [7, 11) is 1.40. The lowest BCUT2D eigenvalue weighted by molar-refractivity contribution is -0.385. The molecule has 28 heavy (non-hydrogen) atoms. The third-order valence-electron chi connectivity index (χ3n) is 4.61. The number of carbonyl (C=O) groups excluding carboxylic acids is 1. The first-order valence-corrected chi connectivity index (χ1v) is 8.82. The summed E-state index contributed by atoms with van der Waals surface area (Å²) in [6.45, 7) is 2.78. The van der Waals surface area contributed by atoms with Crippen LogP contribution in [0.3, 0.4) is 0 Å². The third kappa shape index (κ3) is 4.55. The minimum atomic E-state index is -0.477. The van der Waals surface area contributed by atoms with E-state index in [9.17, 15) is 19.3 Å². The molecule has 0 aliphatic carbocycles. The van der Waals surface area contributed by atoms with Crippen molar-refractivity contribution in [1.82, 2.24) is 4.90 Å². The molecule has 1 aliphatic heterocycles. The second kappa shape index (κ2) is 8.66. The van der Waals surface area contributed by atoms with Crippen LogP contribution in [0.5, 0.6) is 5.75 Å². The summed E-state index contributed by atoms with van der Waals surface area (Å²) in [5.41, 5.74) is 0.928. The number of methoxy groups -OCH3 is 1. The number of rotatable bonds is 6. The predicted octanol–water partition coefficient (Wildman–Crippen LogP) is 2.50. The molecule has 8 nitrogen and oxygen atoms in total. The molecule has 1 fully saturated rings. The molecule has 1 saturated heterocycles. The molecule has 0 unspecified atom stereocenters. The van der Waals surface area contributed by atoms with E-state index in [1.165, 1.54) is 25.3 Å². The van der Waals surface area contributed by atoms with Crippen molar-refractivity contribution >= 4 is 23.0 Å². The third-order valence-corrected chi connectivity index (χ3v) is 4.61. The van der Waals surface area contributed by atoms with Crippen LogP contribution in [-0.4, -0.2) is 55.6 Å². The van der Waals surface area contributed by atoms with Gasteiger partial charge < -0.3 is 15.0 Å². The second-order valence-corrected chi connectivity index (χ2v) is 6.40.